The SMILES string of the molecule is CCNC(=NCc1nc(C)c(C)s1)NC1CC1c1c(F)cccc1F.I. The molecule has 8 heteroatoms. The summed E-state index contributed by atoms with van der Waals surface area (Å²) in [6, 6.07) is 3.99. The number of rotatable bonds is 5. The van der Waals surface area contributed by atoms with Gasteiger partial charge in [-0.1, -0.05) is 6.07 Å². The van der Waals surface area contributed by atoms with Gasteiger partial charge in [0, 0.05) is 28.9 Å². The van der Waals surface area contributed by atoms with Gasteiger partial charge in [0.1, 0.15) is 16.6 Å². The lowest BCUT2D eigenvalue weighted by atomic mass is 10.1. The van der Waals surface area contributed by atoms with Gasteiger partial charge in [-0.25, -0.2) is 18.8 Å². The van der Waals surface area contributed by atoms with Crippen LogP contribution in [0.2, 0.25) is 0 Å². The van der Waals surface area contributed by atoms with E-state index >= 15 is 0 Å². The summed E-state index contributed by atoms with van der Waals surface area (Å²) in [5.41, 5.74) is 1.20. The van der Waals surface area contributed by atoms with Crippen LogP contribution in [0.4, 0.5) is 8.78 Å². The summed E-state index contributed by atoms with van der Waals surface area (Å²) in [6.45, 7) is 7.21. The molecule has 0 saturated heterocycles. The van der Waals surface area contributed by atoms with E-state index in [4.69, 9.17) is 0 Å². The third-order valence-electron chi connectivity index (χ3n) is 4.27. The Morgan fingerprint density at radius 3 is 2.58 bits per heavy atom. The van der Waals surface area contributed by atoms with E-state index in [1.807, 2.05) is 20.8 Å². The van der Waals surface area contributed by atoms with Crippen molar-refractivity contribution in [1.82, 2.24) is 15.6 Å². The van der Waals surface area contributed by atoms with E-state index in [0.29, 0.717) is 25.5 Å². The molecule has 1 saturated carbocycles. The number of hydrogen-bond acceptors (Lipinski definition) is 3. The van der Waals surface area contributed by atoms with Gasteiger partial charge in [-0.3, -0.25) is 0 Å². The van der Waals surface area contributed by atoms with E-state index < -0.39 is 11.6 Å². The summed E-state index contributed by atoms with van der Waals surface area (Å²) >= 11 is 1.64. The number of nitrogens with zero attached hydrogens (tertiary/aromatic N) is 2. The van der Waals surface area contributed by atoms with Gasteiger partial charge in [0.25, 0.3) is 0 Å². The Hall–Kier alpha value is -1.29. The normalized spacial score (nSPS) is 19.0. The van der Waals surface area contributed by atoms with Gasteiger partial charge in [-0.2, -0.15) is 0 Å². The maximum atomic E-state index is 13.9. The van der Waals surface area contributed by atoms with Crippen LogP contribution in [-0.4, -0.2) is 23.5 Å². The van der Waals surface area contributed by atoms with E-state index in [2.05, 4.69) is 20.6 Å². The van der Waals surface area contributed by atoms with Crippen molar-refractivity contribution in [3.63, 3.8) is 0 Å². The van der Waals surface area contributed by atoms with Crippen LogP contribution in [0.1, 0.15) is 40.4 Å². The van der Waals surface area contributed by atoms with Crippen molar-refractivity contribution in [3.05, 3.63) is 51.0 Å². The summed E-state index contributed by atoms with van der Waals surface area (Å²) in [4.78, 5) is 10.2. The number of guanidine groups is 1. The van der Waals surface area contributed by atoms with Crippen LogP contribution in [0.3, 0.4) is 0 Å². The van der Waals surface area contributed by atoms with Crippen molar-refractivity contribution in [2.45, 2.75) is 45.7 Å². The highest BCUT2D eigenvalue weighted by atomic mass is 127. The van der Waals surface area contributed by atoms with Gasteiger partial charge in [-0.15, -0.1) is 35.3 Å². The van der Waals surface area contributed by atoms with Gasteiger partial charge in [0.05, 0.1) is 12.2 Å². The minimum Gasteiger partial charge on any atom is -0.357 e. The first-order valence-corrected chi connectivity index (χ1v) is 9.23. The fourth-order valence-electron chi connectivity index (χ4n) is 2.79. The van der Waals surface area contributed by atoms with Crippen molar-refractivity contribution >= 4 is 41.3 Å². The third-order valence-corrected chi connectivity index (χ3v) is 5.33. The number of aryl methyl sites for hydroxylation is 2. The first-order chi connectivity index (χ1) is 12.0. The van der Waals surface area contributed by atoms with Crippen molar-refractivity contribution in [3.8, 4) is 0 Å². The average molecular weight is 492 g/mol. The molecular weight excluding hydrogens is 469 g/mol. The lowest BCUT2D eigenvalue weighted by molar-refractivity contribution is 0.553. The van der Waals surface area contributed by atoms with Gasteiger partial charge < -0.3 is 10.6 Å². The van der Waals surface area contributed by atoms with E-state index in [-0.39, 0.29) is 41.5 Å². The van der Waals surface area contributed by atoms with Crippen molar-refractivity contribution in [1.29, 1.82) is 0 Å². The standard InChI is InChI=1S/C18H22F2N4S.HI/c1-4-21-18(22-9-16-23-10(2)11(3)25-16)24-15-8-12(15)17-13(19)6-5-7-14(17)20;/h5-7,12,15H,4,8-9H2,1-3H3,(H2,21,22,24);1H. The van der Waals surface area contributed by atoms with Crippen LogP contribution >= 0.6 is 35.3 Å². The number of halogens is 3. The monoisotopic (exact) mass is 492 g/mol. The molecular formula is C18H23F2IN4S. The number of nitrogens with one attached hydrogen (secondary N) is 2. The van der Waals surface area contributed by atoms with Gasteiger partial charge in [0.2, 0.25) is 0 Å². The summed E-state index contributed by atoms with van der Waals surface area (Å²) in [6.07, 6.45) is 0.692. The van der Waals surface area contributed by atoms with Crippen LogP contribution < -0.4 is 10.6 Å². The first kappa shape index (κ1) is 21.0. The number of benzene rings is 1. The zero-order valence-corrected chi connectivity index (χ0v) is 18.1. The van der Waals surface area contributed by atoms with Crippen LogP contribution in [0, 0.1) is 25.5 Å². The Labute approximate surface area is 173 Å². The molecule has 2 unspecified atom stereocenters. The van der Waals surface area contributed by atoms with Crippen LogP contribution in [0.25, 0.3) is 0 Å². The zero-order valence-electron chi connectivity index (χ0n) is 15.0. The largest absolute Gasteiger partial charge is 0.357 e. The van der Waals surface area contributed by atoms with Crippen molar-refractivity contribution < 1.29 is 8.78 Å². The summed E-state index contributed by atoms with van der Waals surface area (Å²) in [7, 11) is 0. The zero-order chi connectivity index (χ0) is 18.0. The second-order valence-electron chi connectivity index (χ2n) is 6.17. The average Bonchev–Trinajstić information content (AvgIpc) is 3.22. The molecule has 1 heterocycles. The molecule has 26 heavy (non-hydrogen) atoms. The fraction of sp³-hybridized carbons (Fsp3) is 0.444. The quantitative estimate of drug-likeness (QED) is 0.373. The van der Waals surface area contributed by atoms with E-state index in [1.54, 1.807) is 11.3 Å². The molecule has 2 aromatic rings. The molecule has 0 aliphatic heterocycles. The summed E-state index contributed by atoms with van der Waals surface area (Å²) in [5.74, 6) is -0.471. The first-order valence-electron chi connectivity index (χ1n) is 8.41. The summed E-state index contributed by atoms with van der Waals surface area (Å²) in [5, 5.41) is 7.40. The lowest BCUT2D eigenvalue weighted by Crippen LogP contribution is -2.39. The molecule has 1 aromatic carbocycles. The molecule has 4 nitrogen and oxygen atoms in total. The molecule has 1 aliphatic carbocycles. The Morgan fingerprint density at radius 2 is 2.00 bits per heavy atom. The highest BCUT2D eigenvalue weighted by Crippen LogP contribution is 2.43. The van der Waals surface area contributed by atoms with Crippen molar-refractivity contribution in [2.24, 2.45) is 4.99 Å². The maximum absolute atomic E-state index is 13.9. The molecule has 1 aromatic heterocycles. The molecule has 3 rings (SSSR count). The molecule has 2 atom stereocenters. The van der Waals surface area contributed by atoms with Crippen molar-refractivity contribution in [2.75, 3.05) is 6.54 Å². The van der Waals surface area contributed by atoms with Gasteiger partial charge in [0.15, 0.2) is 5.96 Å². The summed E-state index contributed by atoms with van der Waals surface area (Å²) < 4.78 is 27.8. The van der Waals surface area contributed by atoms with E-state index in [1.165, 1.54) is 23.1 Å². The van der Waals surface area contributed by atoms with E-state index in [9.17, 15) is 8.78 Å². The Morgan fingerprint density at radius 1 is 1.31 bits per heavy atom. The number of aromatic nitrogens is 1. The van der Waals surface area contributed by atoms with Crippen LogP contribution in [-0.2, 0) is 6.54 Å². The molecule has 0 radical (unpaired) electrons. The lowest BCUT2D eigenvalue weighted by Gasteiger charge is -2.11. The maximum Gasteiger partial charge on any atom is 0.191 e. The molecule has 2 N–H and O–H groups in total. The smallest absolute Gasteiger partial charge is 0.191 e. The third kappa shape index (κ3) is 4.91. The van der Waals surface area contributed by atoms with Gasteiger partial charge in [-0.05, 0) is 39.3 Å². The van der Waals surface area contributed by atoms with Gasteiger partial charge >= 0.3 is 0 Å². The predicted octanol–water partition coefficient (Wildman–Crippen LogP) is 4.27. The highest BCUT2D eigenvalue weighted by Gasteiger charge is 2.42. The second-order valence-corrected chi connectivity index (χ2v) is 7.46. The number of aliphatic imine (C=N–C) groups is 1. The topological polar surface area (TPSA) is 49.3 Å². The fourth-order valence-corrected chi connectivity index (χ4v) is 3.65. The number of hydrogen-bond donors (Lipinski definition) is 2. The number of thiazole rings is 1. The molecule has 1 aliphatic rings. The molecule has 0 bridgehead atoms. The molecule has 0 amide bonds. The minimum atomic E-state index is -0.482. The second kappa shape index (κ2) is 9.07. The predicted molar refractivity (Wildman–Crippen MR) is 112 cm³/mol. The van der Waals surface area contributed by atoms with Crippen LogP contribution in [0.5, 0.6) is 0 Å². The Kier molecular flexibility index (Phi) is 7.33. The minimum absolute atomic E-state index is 0. The van der Waals surface area contributed by atoms with E-state index in [0.717, 1.165) is 10.7 Å². The Bertz CT molecular complexity index is 754. The Balaban J connectivity index is 0.00000243. The van der Waals surface area contributed by atoms with Crippen LogP contribution in [0.15, 0.2) is 23.2 Å². The highest BCUT2D eigenvalue weighted by molar-refractivity contribution is 14.0. The molecule has 142 valence electrons. The molecule has 1 fully saturated rings. The molecule has 0 spiro atoms.